The van der Waals surface area contributed by atoms with E-state index in [2.05, 4.69) is 14.9 Å². The lowest BCUT2D eigenvalue weighted by atomic mass is 10.1. The Balaban J connectivity index is 1.62. The fraction of sp³-hybridized carbons (Fsp3) is 0.550. The minimum atomic E-state index is -3.70. The molecule has 30 heavy (non-hydrogen) atoms. The number of ether oxygens (including phenoxy) is 1. The molecule has 1 aromatic heterocycles. The maximum atomic E-state index is 13.1. The number of hydrogen-bond acceptors (Lipinski definition) is 7. The first-order chi connectivity index (χ1) is 14.3. The van der Waals surface area contributed by atoms with Crippen molar-refractivity contribution in [2.45, 2.75) is 69.9 Å². The molecule has 1 N–H and O–H groups in total. The maximum Gasteiger partial charge on any atom is 0.265 e. The summed E-state index contributed by atoms with van der Waals surface area (Å²) in [7, 11) is -3.70. The zero-order chi connectivity index (χ0) is 21.3. The number of sulfonamides is 1. The molecule has 1 aromatic carbocycles. The fourth-order valence-corrected chi connectivity index (χ4v) is 5.57. The number of nitrogens with one attached hydrogen (secondary N) is 1. The van der Waals surface area contributed by atoms with Crippen molar-refractivity contribution in [3.63, 3.8) is 0 Å². The van der Waals surface area contributed by atoms with E-state index in [1.54, 1.807) is 19.9 Å². The summed E-state index contributed by atoms with van der Waals surface area (Å²) in [6, 6.07) is 3.12. The lowest BCUT2D eigenvalue weighted by Crippen LogP contribution is -2.39. The van der Waals surface area contributed by atoms with Gasteiger partial charge in [-0.05, 0) is 31.4 Å². The van der Waals surface area contributed by atoms with Gasteiger partial charge in [-0.15, -0.1) is 0 Å². The van der Waals surface area contributed by atoms with E-state index in [4.69, 9.17) is 9.26 Å². The highest BCUT2D eigenvalue weighted by Crippen LogP contribution is 2.37. The van der Waals surface area contributed by atoms with Crippen molar-refractivity contribution in [3.8, 4) is 5.75 Å². The molecule has 1 aliphatic heterocycles. The molecule has 0 radical (unpaired) electrons. The molecule has 2 heterocycles. The summed E-state index contributed by atoms with van der Waals surface area (Å²) in [4.78, 5) is 18.3. The molecular weight excluding hydrogens is 408 g/mol. The molecule has 9 nitrogen and oxygen atoms in total. The van der Waals surface area contributed by atoms with Gasteiger partial charge in [-0.25, -0.2) is 13.1 Å². The highest BCUT2D eigenvalue weighted by atomic mass is 32.2. The predicted molar refractivity (Wildman–Crippen MR) is 109 cm³/mol. The van der Waals surface area contributed by atoms with Crippen LogP contribution in [0.15, 0.2) is 21.6 Å². The van der Waals surface area contributed by atoms with E-state index >= 15 is 0 Å². The van der Waals surface area contributed by atoms with Crippen LogP contribution in [-0.2, 0) is 21.4 Å². The number of rotatable bonds is 5. The minimum absolute atomic E-state index is 0.0478. The normalized spacial score (nSPS) is 18.1. The lowest BCUT2D eigenvalue weighted by Gasteiger charge is -2.29. The summed E-state index contributed by atoms with van der Waals surface area (Å²) in [5.74, 6) is 0.879. The number of carbonyl (C=O) groups excluding carboxylic acids is 1. The first-order valence-corrected chi connectivity index (χ1v) is 11.7. The van der Waals surface area contributed by atoms with E-state index in [0.29, 0.717) is 28.7 Å². The van der Waals surface area contributed by atoms with Gasteiger partial charge >= 0.3 is 0 Å². The SMILES string of the molecule is Cc1nc(CN2C(=O)COc3cc(S(=O)(=O)NC4CCCCCC4)c(C)cc32)no1. The highest BCUT2D eigenvalue weighted by Gasteiger charge is 2.31. The van der Waals surface area contributed by atoms with Gasteiger partial charge in [0.2, 0.25) is 15.9 Å². The molecule has 0 unspecified atom stereocenters. The number of aromatic nitrogens is 2. The van der Waals surface area contributed by atoms with Crippen LogP contribution in [0, 0.1) is 13.8 Å². The summed E-state index contributed by atoms with van der Waals surface area (Å²) in [5, 5.41) is 3.84. The fourth-order valence-electron chi connectivity index (χ4n) is 4.02. The number of aryl methyl sites for hydroxylation is 2. The van der Waals surface area contributed by atoms with Gasteiger partial charge < -0.3 is 9.26 Å². The molecule has 2 aromatic rings. The molecule has 0 spiro atoms. The summed E-state index contributed by atoms with van der Waals surface area (Å²) in [6.07, 6.45) is 6.07. The molecule has 0 saturated heterocycles. The van der Waals surface area contributed by atoms with E-state index in [0.717, 1.165) is 38.5 Å². The Kier molecular flexibility index (Phi) is 5.79. The van der Waals surface area contributed by atoms with Gasteiger partial charge in [0.25, 0.3) is 5.91 Å². The lowest BCUT2D eigenvalue weighted by molar-refractivity contribution is -0.121. The van der Waals surface area contributed by atoms with Crippen molar-refractivity contribution in [1.29, 1.82) is 0 Å². The Bertz CT molecular complexity index is 1040. The summed E-state index contributed by atoms with van der Waals surface area (Å²) >= 11 is 0. The number of amides is 1. The number of benzene rings is 1. The smallest absolute Gasteiger partial charge is 0.265 e. The molecule has 0 bridgehead atoms. The average molecular weight is 435 g/mol. The molecule has 1 aliphatic carbocycles. The van der Waals surface area contributed by atoms with Gasteiger partial charge in [-0.3, -0.25) is 9.69 Å². The molecule has 1 amide bonds. The van der Waals surface area contributed by atoms with Crippen molar-refractivity contribution in [1.82, 2.24) is 14.9 Å². The van der Waals surface area contributed by atoms with Crippen LogP contribution in [0.4, 0.5) is 5.69 Å². The average Bonchev–Trinajstić information content (AvgIpc) is 2.94. The van der Waals surface area contributed by atoms with Gasteiger partial charge in [-0.1, -0.05) is 30.8 Å². The number of fused-ring (bicyclic) bond motifs is 1. The van der Waals surface area contributed by atoms with Gasteiger partial charge in [-0.2, -0.15) is 4.98 Å². The molecule has 0 atom stereocenters. The van der Waals surface area contributed by atoms with Crippen LogP contribution >= 0.6 is 0 Å². The van der Waals surface area contributed by atoms with Crippen molar-refractivity contribution in [2.24, 2.45) is 0 Å². The molecule has 1 saturated carbocycles. The Hall–Kier alpha value is -2.46. The monoisotopic (exact) mass is 434 g/mol. The van der Waals surface area contributed by atoms with Crippen LogP contribution in [0.3, 0.4) is 0 Å². The van der Waals surface area contributed by atoms with Gasteiger partial charge in [0.05, 0.1) is 17.1 Å². The van der Waals surface area contributed by atoms with Crippen molar-refractivity contribution in [2.75, 3.05) is 11.5 Å². The van der Waals surface area contributed by atoms with Crippen LogP contribution in [0.2, 0.25) is 0 Å². The zero-order valence-corrected chi connectivity index (χ0v) is 18.0. The second kappa shape index (κ2) is 8.35. The van der Waals surface area contributed by atoms with Gasteiger partial charge in [0, 0.05) is 19.0 Å². The van der Waals surface area contributed by atoms with Crippen molar-refractivity contribution < 1.29 is 22.5 Å². The highest BCUT2D eigenvalue weighted by molar-refractivity contribution is 7.89. The van der Waals surface area contributed by atoms with Crippen LogP contribution in [0.25, 0.3) is 0 Å². The Morgan fingerprint density at radius 3 is 2.57 bits per heavy atom. The van der Waals surface area contributed by atoms with E-state index in [-0.39, 0.29) is 30.0 Å². The standard InChI is InChI=1S/C20H26N4O5S/c1-13-9-16-17(28-12-20(25)24(16)11-19-21-14(2)29-22-19)10-18(13)30(26,27)23-15-7-5-3-4-6-8-15/h9-10,15,23H,3-8,11-12H2,1-2H3. The van der Waals surface area contributed by atoms with Crippen LogP contribution in [0.5, 0.6) is 5.75 Å². The van der Waals surface area contributed by atoms with Crippen LogP contribution in [0.1, 0.15) is 55.8 Å². The molecule has 4 rings (SSSR count). The Morgan fingerprint density at radius 1 is 1.17 bits per heavy atom. The van der Waals surface area contributed by atoms with Crippen molar-refractivity contribution >= 4 is 21.6 Å². The third-order valence-corrected chi connectivity index (χ3v) is 7.20. The first-order valence-electron chi connectivity index (χ1n) is 10.2. The van der Waals surface area contributed by atoms with Crippen LogP contribution in [-0.4, -0.2) is 37.1 Å². The van der Waals surface area contributed by atoms with E-state index in [1.165, 1.54) is 11.0 Å². The molecule has 10 heteroatoms. The number of nitrogens with zero attached hydrogens (tertiary/aromatic N) is 3. The molecule has 1 fully saturated rings. The largest absolute Gasteiger partial charge is 0.482 e. The third-order valence-electron chi connectivity index (χ3n) is 5.54. The predicted octanol–water partition coefficient (Wildman–Crippen LogP) is 2.61. The maximum absolute atomic E-state index is 13.1. The number of hydrogen-bond donors (Lipinski definition) is 1. The van der Waals surface area contributed by atoms with Gasteiger partial charge in [0.1, 0.15) is 5.75 Å². The van der Waals surface area contributed by atoms with E-state index < -0.39 is 10.0 Å². The summed E-state index contributed by atoms with van der Waals surface area (Å²) < 4.78 is 39.6. The Morgan fingerprint density at radius 2 is 1.90 bits per heavy atom. The summed E-state index contributed by atoms with van der Waals surface area (Å²) in [6.45, 7) is 3.34. The number of anilines is 1. The molecule has 2 aliphatic rings. The quantitative estimate of drug-likeness (QED) is 0.719. The third kappa shape index (κ3) is 4.34. The topological polar surface area (TPSA) is 115 Å². The van der Waals surface area contributed by atoms with Crippen LogP contribution < -0.4 is 14.4 Å². The second-order valence-electron chi connectivity index (χ2n) is 7.89. The molecular formula is C20H26N4O5S. The van der Waals surface area contributed by atoms with E-state index in [9.17, 15) is 13.2 Å². The minimum Gasteiger partial charge on any atom is -0.482 e. The van der Waals surface area contributed by atoms with E-state index in [1.807, 2.05) is 0 Å². The zero-order valence-electron chi connectivity index (χ0n) is 17.2. The van der Waals surface area contributed by atoms with Crippen molar-refractivity contribution in [3.05, 3.63) is 29.4 Å². The number of carbonyl (C=O) groups is 1. The first kappa shape index (κ1) is 20.8. The van der Waals surface area contributed by atoms with Gasteiger partial charge in [0.15, 0.2) is 12.4 Å². The second-order valence-corrected chi connectivity index (χ2v) is 9.58. The summed E-state index contributed by atoms with van der Waals surface area (Å²) in [5.41, 5.74) is 1.04. The molecule has 162 valence electrons. The Labute approximate surface area is 175 Å².